The smallest absolute Gasteiger partial charge is 0.0351 e. The second-order valence-corrected chi connectivity index (χ2v) is 7.50. The lowest BCUT2D eigenvalue weighted by Gasteiger charge is -2.14. The molecule has 0 spiro atoms. The predicted octanol–water partition coefficient (Wildman–Crippen LogP) is 8.87. The maximum absolute atomic E-state index is 3.92. The largest absolute Gasteiger partial charge is 0.0885 e. The van der Waals surface area contributed by atoms with Crippen LogP contribution in [-0.4, -0.2) is 0 Å². The third kappa shape index (κ3) is 18.1. The zero-order valence-corrected chi connectivity index (χ0v) is 16.9. The first-order chi connectivity index (χ1) is 11.8. The summed E-state index contributed by atoms with van der Waals surface area (Å²) in [6.07, 6.45) is 29.2. The van der Waals surface area contributed by atoms with E-state index in [1.807, 2.05) is 0 Å². The molecule has 0 rings (SSSR count). The minimum Gasteiger partial charge on any atom is -0.0885 e. The summed E-state index contributed by atoms with van der Waals surface area (Å²) in [4.78, 5) is 0. The van der Waals surface area contributed by atoms with Crippen molar-refractivity contribution in [1.82, 2.24) is 0 Å². The van der Waals surface area contributed by atoms with Crippen molar-refractivity contribution >= 4 is 0 Å². The average molecular weight is 335 g/mol. The van der Waals surface area contributed by atoms with Crippen LogP contribution < -0.4 is 0 Å². The van der Waals surface area contributed by atoms with Crippen LogP contribution in [0, 0.1) is 19.8 Å². The van der Waals surface area contributed by atoms with Crippen LogP contribution in [0.25, 0.3) is 0 Å². The van der Waals surface area contributed by atoms with E-state index in [4.69, 9.17) is 0 Å². The Morgan fingerprint density at radius 3 is 1.50 bits per heavy atom. The van der Waals surface area contributed by atoms with Gasteiger partial charge in [0.25, 0.3) is 0 Å². The van der Waals surface area contributed by atoms with E-state index in [2.05, 4.69) is 32.9 Å². The molecular weight excluding hydrogens is 288 g/mol. The molecule has 1 unspecified atom stereocenters. The van der Waals surface area contributed by atoms with Gasteiger partial charge in [0, 0.05) is 0 Å². The molecule has 0 heterocycles. The van der Waals surface area contributed by atoms with Gasteiger partial charge < -0.3 is 0 Å². The van der Waals surface area contributed by atoms with Crippen LogP contribution in [0.3, 0.4) is 0 Å². The van der Waals surface area contributed by atoms with Gasteiger partial charge in [-0.2, -0.15) is 0 Å². The van der Waals surface area contributed by atoms with Crippen LogP contribution in [0.2, 0.25) is 0 Å². The van der Waals surface area contributed by atoms with Crippen LogP contribution in [0.15, 0.2) is 12.2 Å². The highest BCUT2D eigenvalue weighted by Gasteiger charge is 2.05. The number of hydrogen-bond acceptors (Lipinski definition) is 0. The normalized spacial score (nSPS) is 13.0. The van der Waals surface area contributed by atoms with E-state index < -0.39 is 0 Å². The minimum atomic E-state index is 0.987. The Balaban J connectivity index is 3.35. The molecule has 0 amide bonds. The molecule has 0 aromatic heterocycles. The van der Waals surface area contributed by atoms with Gasteiger partial charge in [0.2, 0.25) is 0 Å². The SMILES string of the molecule is [CH2]CCCCC/C=C/CCCCCC(CC)CCCCCCC[CH2]. The summed E-state index contributed by atoms with van der Waals surface area (Å²) in [7, 11) is 0. The first-order valence-corrected chi connectivity index (χ1v) is 11.1. The Hall–Kier alpha value is -0.260. The van der Waals surface area contributed by atoms with E-state index in [9.17, 15) is 0 Å². The molecule has 0 saturated heterocycles. The van der Waals surface area contributed by atoms with Gasteiger partial charge in [-0.25, -0.2) is 0 Å². The van der Waals surface area contributed by atoms with Gasteiger partial charge in [0.15, 0.2) is 0 Å². The molecule has 0 aliphatic rings. The van der Waals surface area contributed by atoms with E-state index in [0.29, 0.717) is 0 Å². The van der Waals surface area contributed by atoms with E-state index in [1.54, 1.807) is 0 Å². The van der Waals surface area contributed by atoms with Gasteiger partial charge in [-0.1, -0.05) is 123 Å². The van der Waals surface area contributed by atoms with E-state index in [0.717, 1.165) is 18.8 Å². The van der Waals surface area contributed by atoms with Gasteiger partial charge in [-0.05, 0) is 31.6 Å². The Morgan fingerprint density at radius 1 is 0.583 bits per heavy atom. The van der Waals surface area contributed by atoms with Crippen molar-refractivity contribution in [2.75, 3.05) is 0 Å². The van der Waals surface area contributed by atoms with Crippen molar-refractivity contribution < 1.29 is 0 Å². The van der Waals surface area contributed by atoms with Crippen LogP contribution in [0.4, 0.5) is 0 Å². The Labute approximate surface area is 154 Å². The molecule has 0 aliphatic carbocycles. The fraction of sp³-hybridized carbons (Fsp3) is 0.833. The van der Waals surface area contributed by atoms with Gasteiger partial charge in [0.1, 0.15) is 0 Å². The molecule has 0 aliphatic heterocycles. The molecule has 0 saturated carbocycles. The summed E-state index contributed by atoms with van der Waals surface area (Å²) in [5.41, 5.74) is 0. The first kappa shape index (κ1) is 23.7. The van der Waals surface area contributed by atoms with Crippen molar-refractivity contribution in [3.8, 4) is 0 Å². The van der Waals surface area contributed by atoms with Crippen molar-refractivity contribution in [3.05, 3.63) is 26.0 Å². The van der Waals surface area contributed by atoms with Gasteiger partial charge in [-0.3, -0.25) is 0 Å². The van der Waals surface area contributed by atoms with Crippen molar-refractivity contribution in [2.24, 2.45) is 5.92 Å². The van der Waals surface area contributed by atoms with Crippen LogP contribution in [-0.2, 0) is 0 Å². The van der Waals surface area contributed by atoms with E-state index in [1.165, 1.54) is 103 Å². The number of rotatable bonds is 19. The first-order valence-electron chi connectivity index (χ1n) is 11.1. The van der Waals surface area contributed by atoms with E-state index >= 15 is 0 Å². The molecule has 1 atom stereocenters. The summed E-state index contributed by atoms with van der Waals surface area (Å²) >= 11 is 0. The fourth-order valence-electron chi connectivity index (χ4n) is 3.42. The molecular formula is C24H46. The predicted molar refractivity (Wildman–Crippen MR) is 112 cm³/mol. The molecule has 0 heteroatoms. The summed E-state index contributed by atoms with van der Waals surface area (Å²) in [5.74, 6) is 0.987. The third-order valence-electron chi connectivity index (χ3n) is 5.21. The second kappa shape index (κ2) is 20.8. The number of allylic oxidation sites excluding steroid dienone is 2. The quantitative estimate of drug-likeness (QED) is 0.163. The van der Waals surface area contributed by atoms with Gasteiger partial charge in [0.05, 0.1) is 0 Å². The lowest BCUT2D eigenvalue weighted by atomic mass is 9.92. The molecule has 142 valence electrons. The Kier molecular flexibility index (Phi) is 20.6. The topological polar surface area (TPSA) is 0 Å². The minimum absolute atomic E-state index is 0.987. The lowest BCUT2D eigenvalue weighted by Crippen LogP contribution is -1.99. The highest BCUT2D eigenvalue weighted by Crippen LogP contribution is 2.21. The zero-order valence-electron chi connectivity index (χ0n) is 16.9. The Bertz CT molecular complexity index is 240. The number of hydrogen-bond donors (Lipinski definition) is 0. The highest BCUT2D eigenvalue weighted by atomic mass is 14.1. The van der Waals surface area contributed by atoms with E-state index in [-0.39, 0.29) is 0 Å². The van der Waals surface area contributed by atoms with Crippen molar-refractivity contribution in [1.29, 1.82) is 0 Å². The Morgan fingerprint density at radius 2 is 1.00 bits per heavy atom. The fourth-order valence-corrected chi connectivity index (χ4v) is 3.42. The van der Waals surface area contributed by atoms with Crippen LogP contribution in [0.5, 0.6) is 0 Å². The maximum atomic E-state index is 3.92. The summed E-state index contributed by atoms with van der Waals surface area (Å²) in [5, 5.41) is 0. The second-order valence-electron chi connectivity index (χ2n) is 7.50. The summed E-state index contributed by atoms with van der Waals surface area (Å²) in [6, 6.07) is 0. The highest BCUT2D eigenvalue weighted by molar-refractivity contribution is 4.81. The molecule has 0 fully saturated rings. The van der Waals surface area contributed by atoms with Crippen molar-refractivity contribution in [3.63, 3.8) is 0 Å². The lowest BCUT2D eigenvalue weighted by molar-refractivity contribution is 0.395. The molecule has 2 radical (unpaired) electrons. The standard InChI is InChI=1S/C24H46/c1-4-7-9-11-13-14-15-16-17-19-21-23-24(6-3)22-20-18-12-10-8-5-2/h14-15,24H,1-2,4-13,16-23H2,3H3/b15-14+. The summed E-state index contributed by atoms with van der Waals surface area (Å²) in [6.45, 7) is 10.2. The molecule has 0 nitrogen and oxygen atoms in total. The summed E-state index contributed by atoms with van der Waals surface area (Å²) < 4.78 is 0. The third-order valence-corrected chi connectivity index (χ3v) is 5.21. The van der Waals surface area contributed by atoms with Gasteiger partial charge in [-0.15, -0.1) is 0 Å². The monoisotopic (exact) mass is 334 g/mol. The molecule has 0 aromatic carbocycles. The van der Waals surface area contributed by atoms with Crippen LogP contribution in [0.1, 0.15) is 122 Å². The molecule has 0 bridgehead atoms. The maximum Gasteiger partial charge on any atom is -0.0351 e. The van der Waals surface area contributed by atoms with Crippen LogP contribution >= 0.6 is 0 Å². The number of unbranched alkanes of at least 4 members (excludes halogenated alkanes) is 12. The average Bonchev–Trinajstić information content (AvgIpc) is 2.60. The molecule has 0 aromatic rings. The van der Waals surface area contributed by atoms with Crippen molar-refractivity contribution in [2.45, 2.75) is 122 Å². The molecule has 24 heavy (non-hydrogen) atoms. The van der Waals surface area contributed by atoms with Gasteiger partial charge >= 0.3 is 0 Å². The zero-order chi connectivity index (χ0) is 17.7. The molecule has 0 N–H and O–H groups in total.